The van der Waals surface area contributed by atoms with Gasteiger partial charge in [0.1, 0.15) is 0 Å². The van der Waals surface area contributed by atoms with Crippen molar-refractivity contribution in [3.8, 4) is 6.01 Å². The quantitative estimate of drug-likeness (QED) is 0.862. The molecule has 0 radical (unpaired) electrons. The Morgan fingerprint density at radius 2 is 1.95 bits per heavy atom. The molecule has 6 heteroatoms. The topological polar surface area (TPSA) is 63.2 Å². The summed E-state index contributed by atoms with van der Waals surface area (Å²) in [5.74, 6) is 1.98. The maximum Gasteiger partial charge on any atom is 0.323 e. The first-order valence-corrected chi connectivity index (χ1v) is 7.50. The van der Waals surface area contributed by atoms with Crippen LogP contribution in [-0.2, 0) is 0 Å². The van der Waals surface area contributed by atoms with Crippen molar-refractivity contribution in [3.05, 3.63) is 0 Å². The molecule has 1 aromatic rings. The van der Waals surface area contributed by atoms with Crippen molar-refractivity contribution in [2.24, 2.45) is 5.92 Å². The zero-order chi connectivity index (χ0) is 14.4. The summed E-state index contributed by atoms with van der Waals surface area (Å²) in [5.41, 5.74) is 0. The summed E-state index contributed by atoms with van der Waals surface area (Å²) < 4.78 is 5.40. The zero-order valence-corrected chi connectivity index (χ0v) is 12.7. The molecule has 112 valence electrons. The SMILES string of the molecule is CCOc1nc(NC)nc(N(C)CC2CCCCC2)n1. The predicted octanol–water partition coefficient (Wildman–Crippen LogP) is 2.33. The van der Waals surface area contributed by atoms with Crippen LogP contribution in [-0.4, -0.2) is 42.2 Å². The van der Waals surface area contributed by atoms with Crippen molar-refractivity contribution in [2.75, 3.05) is 37.5 Å². The molecule has 0 unspecified atom stereocenters. The molecular formula is C14H25N5O. The fraction of sp³-hybridized carbons (Fsp3) is 0.786. The van der Waals surface area contributed by atoms with Gasteiger partial charge < -0.3 is 15.0 Å². The Bertz CT molecular complexity index is 420. The van der Waals surface area contributed by atoms with E-state index in [1.807, 2.05) is 14.0 Å². The number of hydrogen-bond acceptors (Lipinski definition) is 6. The van der Waals surface area contributed by atoms with Gasteiger partial charge >= 0.3 is 6.01 Å². The van der Waals surface area contributed by atoms with Crippen molar-refractivity contribution >= 4 is 11.9 Å². The Morgan fingerprint density at radius 3 is 2.60 bits per heavy atom. The smallest absolute Gasteiger partial charge is 0.323 e. The Hall–Kier alpha value is -1.59. The molecule has 1 saturated carbocycles. The predicted molar refractivity (Wildman–Crippen MR) is 80.4 cm³/mol. The van der Waals surface area contributed by atoms with Crippen molar-refractivity contribution in [3.63, 3.8) is 0 Å². The standard InChI is InChI=1S/C14H25N5O/c1-4-20-14-17-12(15-2)16-13(18-14)19(3)10-11-8-6-5-7-9-11/h11H,4-10H2,1-3H3,(H,15,16,17,18). The number of ether oxygens (including phenoxy) is 1. The minimum absolute atomic E-state index is 0.386. The third kappa shape index (κ3) is 3.95. The van der Waals surface area contributed by atoms with E-state index in [9.17, 15) is 0 Å². The number of nitrogens with zero attached hydrogens (tertiary/aromatic N) is 4. The lowest BCUT2D eigenvalue weighted by Gasteiger charge is -2.27. The molecule has 1 aromatic heterocycles. The molecule has 1 heterocycles. The fourth-order valence-corrected chi connectivity index (χ4v) is 2.66. The molecule has 6 nitrogen and oxygen atoms in total. The summed E-state index contributed by atoms with van der Waals surface area (Å²) in [5, 5.41) is 2.96. The van der Waals surface area contributed by atoms with Gasteiger partial charge in [-0.05, 0) is 25.7 Å². The number of anilines is 2. The number of rotatable bonds is 6. The van der Waals surface area contributed by atoms with Crippen LogP contribution in [0.5, 0.6) is 6.01 Å². The van der Waals surface area contributed by atoms with Gasteiger partial charge in [-0.3, -0.25) is 0 Å². The van der Waals surface area contributed by atoms with Crippen LogP contribution in [0.15, 0.2) is 0 Å². The third-order valence-corrected chi connectivity index (χ3v) is 3.70. The van der Waals surface area contributed by atoms with Gasteiger partial charge in [-0.15, -0.1) is 0 Å². The first kappa shape index (κ1) is 14.8. The van der Waals surface area contributed by atoms with Gasteiger partial charge in [0.25, 0.3) is 0 Å². The van der Waals surface area contributed by atoms with E-state index in [0.717, 1.165) is 12.5 Å². The second-order valence-electron chi connectivity index (χ2n) is 5.31. The molecule has 0 atom stereocenters. The summed E-state index contributed by atoms with van der Waals surface area (Å²) in [7, 11) is 3.84. The van der Waals surface area contributed by atoms with Gasteiger partial charge in [-0.25, -0.2) is 0 Å². The molecule has 0 saturated heterocycles. The van der Waals surface area contributed by atoms with Gasteiger partial charge in [-0.2, -0.15) is 15.0 Å². The second kappa shape index (κ2) is 7.26. The molecule has 1 aliphatic rings. The van der Waals surface area contributed by atoms with E-state index in [0.29, 0.717) is 24.5 Å². The molecular weight excluding hydrogens is 254 g/mol. The second-order valence-corrected chi connectivity index (χ2v) is 5.31. The molecule has 1 fully saturated rings. The van der Waals surface area contributed by atoms with Gasteiger partial charge in [0.15, 0.2) is 0 Å². The van der Waals surface area contributed by atoms with Crippen LogP contribution < -0.4 is 15.0 Å². The van der Waals surface area contributed by atoms with Crippen LogP contribution in [0.2, 0.25) is 0 Å². The third-order valence-electron chi connectivity index (χ3n) is 3.70. The molecule has 0 amide bonds. The Labute approximate surface area is 121 Å². The van der Waals surface area contributed by atoms with Gasteiger partial charge in [0.05, 0.1) is 6.61 Å². The van der Waals surface area contributed by atoms with Crippen molar-refractivity contribution in [2.45, 2.75) is 39.0 Å². The largest absolute Gasteiger partial charge is 0.464 e. The molecule has 0 bridgehead atoms. The van der Waals surface area contributed by atoms with Gasteiger partial charge in [0, 0.05) is 20.6 Å². The van der Waals surface area contributed by atoms with Crippen LogP contribution >= 0.6 is 0 Å². The highest BCUT2D eigenvalue weighted by Crippen LogP contribution is 2.25. The van der Waals surface area contributed by atoms with Gasteiger partial charge in [0.2, 0.25) is 11.9 Å². The molecule has 20 heavy (non-hydrogen) atoms. The van der Waals surface area contributed by atoms with E-state index in [1.54, 1.807) is 7.05 Å². The van der Waals surface area contributed by atoms with Crippen LogP contribution in [0, 0.1) is 5.92 Å². The molecule has 0 aliphatic heterocycles. The Balaban J connectivity index is 2.06. The highest BCUT2D eigenvalue weighted by molar-refractivity contribution is 5.37. The van der Waals surface area contributed by atoms with E-state index in [1.165, 1.54) is 32.1 Å². The number of nitrogens with one attached hydrogen (secondary N) is 1. The normalized spacial score (nSPS) is 15.9. The monoisotopic (exact) mass is 279 g/mol. The van der Waals surface area contributed by atoms with Crippen LogP contribution in [0.4, 0.5) is 11.9 Å². The maximum absolute atomic E-state index is 5.40. The summed E-state index contributed by atoms with van der Waals surface area (Å²) in [4.78, 5) is 15.1. The first-order chi connectivity index (χ1) is 9.72. The fourth-order valence-electron chi connectivity index (χ4n) is 2.66. The molecule has 2 rings (SSSR count). The summed E-state index contributed by atoms with van der Waals surface area (Å²) >= 11 is 0. The average molecular weight is 279 g/mol. The van der Waals surface area contributed by atoms with E-state index < -0.39 is 0 Å². The summed E-state index contributed by atoms with van der Waals surface area (Å²) in [6, 6.07) is 0.386. The highest BCUT2D eigenvalue weighted by Gasteiger charge is 2.18. The number of hydrogen-bond donors (Lipinski definition) is 1. The zero-order valence-electron chi connectivity index (χ0n) is 12.7. The van der Waals surface area contributed by atoms with E-state index in [4.69, 9.17) is 4.74 Å². The van der Waals surface area contributed by atoms with Crippen molar-refractivity contribution in [1.29, 1.82) is 0 Å². The first-order valence-electron chi connectivity index (χ1n) is 7.50. The van der Waals surface area contributed by atoms with Crippen LogP contribution in [0.1, 0.15) is 39.0 Å². The minimum atomic E-state index is 0.386. The average Bonchev–Trinajstić information content (AvgIpc) is 2.48. The lowest BCUT2D eigenvalue weighted by Crippen LogP contribution is -2.28. The van der Waals surface area contributed by atoms with E-state index >= 15 is 0 Å². The van der Waals surface area contributed by atoms with Crippen LogP contribution in [0.25, 0.3) is 0 Å². The van der Waals surface area contributed by atoms with Crippen molar-refractivity contribution in [1.82, 2.24) is 15.0 Å². The number of aromatic nitrogens is 3. The van der Waals surface area contributed by atoms with Crippen molar-refractivity contribution < 1.29 is 4.74 Å². The lowest BCUT2D eigenvalue weighted by atomic mass is 9.89. The molecule has 0 spiro atoms. The van der Waals surface area contributed by atoms with E-state index in [2.05, 4.69) is 25.2 Å². The highest BCUT2D eigenvalue weighted by atomic mass is 16.5. The van der Waals surface area contributed by atoms with E-state index in [-0.39, 0.29) is 0 Å². The summed E-state index contributed by atoms with van der Waals surface area (Å²) in [6.45, 7) is 3.48. The Kier molecular flexibility index (Phi) is 5.38. The summed E-state index contributed by atoms with van der Waals surface area (Å²) in [6.07, 6.45) is 6.70. The van der Waals surface area contributed by atoms with Crippen LogP contribution in [0.3, 0.4) is 0 Å². The minimum Gasteiger partial charge on any atom is -0.464 e. The lowest BCUT2D eigenvalue weighted by molar-refractivity contribution is 0.311. The molecule has 0 aromatic carbocycles. The maximum atomic E-state index is 5.40. The Morgan fingerprint density at radius 1 is 1.20 bits per heavy atom. The molecule has 1 aliphatic carbocycles. The van der Waals surface area contributed by atoms with Gasteiger partial charge in [-0.1, -0.05) is 19.3 Å². The molecule has 1 N–H and O–H groups in total.